The Morgan fingerprint density at radius 2 is 1.83 bits per heavy atom. The lowest BCUT2D eigenvalue weighted by Gasteiger charge is -2.29. The Labute approximate surface area is 135 Å². The summed E-state index contributed by atoms with van der Waals surface area (Å²) in [7, 11) is -3.39. The molecular weight excluding hydrogens is 314 g/mol. The molecule has 0 unspecified atom stereocenters. The van der Waals surface area contributed by atoms with Crippen LogP contribution >= 0.6 is 0 Å². The number of furan rings is 1. The average molecular weight is 333 g/mol. The number of aldehydes is 1. The second kappa shape index (κ2) is 6.20. The van der Waals surface area contributed by atoms with Gasteiger partial charge in [-0.3, -0.25) is 4.79 Å². The Balaban J connectivity index is 2.10. The molecule has 0 amide bonds. The fourth-order valence-corrected chi connectivity index (χ4v) is 3.82. The zero-order valence-corrected chi connectivity index (χ0v) is 13.8. The highest BCUT2D eigenvalue weighted by Crippen LogP contribution is 2.33. The first-order chi connectivity index (χ1) is 11.0. The predicted molar refractivity (Wildman–Crippen MR) is 88.7 cm³/mol. The molecule has 1 fully saturated rings. The lowest BCUT2D eigenvalue weighted by molar-refractivity contribution is 0.110. The molecule has 0 radical (unpaired) electrons. The molecule has 0 saturated carbocycles. The zero-order valence-electron chi connectivity index (χ0n) is 13.0. The van der Waals surface area contributed by atoms with Crippen molar-refractivity contribution in [1.82, 2.24) is 0 Å². The molecule has 0 aliphatic carbocycles. The van der Waals surface area contributed by atoms with Gasteiger partial charge >= 0.3 is 0 Å². The molecule has 1 aliphatic rings. The second-order valence-corrected chi connectivity index (χ2v) is 7.80. The molecule has 5 nitrogen and oxygen atoms in total. The van der Waals surface area contributed by atoms with E-state index in [-0.39, 0.29) is 10.7 Å². The molecule has 1 saturated heterocycles. The topological polar surface area (TPSA) is 67.6 Å². The van der Waals surface area contributed by atoms with Crippen LogP contribution in [0.25, 0.3) is 11.3 Å². The smallest absolute Gasteiger partial charge is 0.185 e. The van der Waals surface area contributed by atoms with Crippen LogP contribution in [0.2, 0.25) is 0 Å². The molecule has 0 spiro atoms. The number of carbonyl (C=O) groups is 1. The summed E-state index contributed by atoms with van der Waals surface area (Å²) in [6.45, 7) is 1.94. The van der Waals surface area contributed by atoms with E-state index in [1.165, 1.54) is 12.7 Å². The van der Waals surface area contributed by atoms with Crippen molar-refractivity contribution in [3.05, 3.63) is 36.1 Å². The largest absolute Gasteiger partial charge is 0.453 e. The molecule has 23 heavy (non-hydrogen) atoms. The Hall–Kier alpha value is -2.08. The molecule has 2 aromatic rings. The molecule has 0 atom stereocenters. The van der Waals surface area contributed by atoms with E-state index >= 15 is 0 Å². The van der Waals surface area contributed by atoms with Crippen molar-refractivity contribution in [2.45, 2.75) is 24.2 Å². The van der Waals surface area contributed by atoms with Crippen molar-refractivity contribution in [2.24, 2.45) is 0 Å². The van der Waals surface area contributed by atoms with E-state index in [1.54, 1.807) is 18.2 Å². The third-order valence-corrected chi connectivity index (χ3v) is 5.25. The van der Waals surface area contributed by atoms with Crippen LogP contribution in [0.5, 0.6) is 0 Å². The molecule has 0 bridgehead atoms. The van der Waals surface area contributed by atoms with Crippen LogP contribution in [0.1, 0.15) is 29.8 Å². The quantitative estimate of drug-likeness (QED) is 0.804. The summed E-state index contributed by atoms with van der Waals surface area (Å²) in [5, 5.41) is 0. The van der Waals surface area contributed by atoms with E-state index in [4.69, 9.17) is 4.42 Å². The van der Waals surface area contributed by atoms with Gasteiger partial charge in [-0.1, -0.05) is 0 Å². The summed E-state index contributed by atoms with van der Waals surface area (Å²) in [6.07, 6.45) is 5.29. The highest BCUT2D eigenvalue weighted by molar-refractivity contribution is 7.90. The lowest BCUT2D eigenvalue weighted by atomic mass is 10.1. The summed E-state index contributed by atoms with van der Waals surface area (Å²) < 4.78 is 29.6. The fourth-order valence-electron chi connectivity index (χ4n) is 2.94. The molecule has 3 rings (SSSR count). The van der Waals surface area contributed by atoms with Gasteiger partial charge in [0.05, 0.1) is 4.90 Å². The van der Waals surface area contributed by atoms with Crippen LogP contribution < -0.4 is 4.90 Å². The van der Waals surface area contributed by atoms with Gasteiger partial charge in [0.15, 0.2) is 21.9 Å². The van der Waals surface area contributed by atoms with Gasteiger partial charge in [0.2, 0.25) is 0 Å². The number of sulfone groups is 1. The molecule has 1 aromatic carbocycles. The molecule has 2 heterocycles. The maximum Gasteiger partial charge on any atom is 0.185 e. The highest BCUT2D eigenvalue weighted by Gasteiger charge is 2.20. The first-order valence-corrected chi connectivity index (χ1v) is 9.52. The molecular formula is C17H19NO4S. The standard InChI is InChI=1S/C17H19NO4S/c1-23(20,21)17-8-5-13(18-9-3-2-4-10-18)11-15(17)16-7-6-14(12-19)22-16/h5-8,11-12H,2-4,9-10H2,1H3. The Kier molecular flexibility index (Phi) is 4.26. The third kappa shape index (κ3) is 3.32. The maximum atomic E-state index is 12.1. The summed E-state index contributed by atoms with van der Waals surface area (Å²) in [5.74, 6) is 0.578. The van der Waals surface area contributed by atoms with E-state index in [2.05, 4.69) is 4.90 Å². The van der Waals surface area contributed by atoms with Crippen molar-refractivity contribution >= 4 is 21.8 Å². The van der Waals surface area contributed by atoms with E-state index < -0.39 is 9.84 Å². The van der Waals surface area contributed by atoms with Crippen LogP contribution in [-0.2, 0) is 9.84 Å². The van der Waals surface area contributed by atoms with E-state index in [0.717, 1.165) is 31.6 Å². The summed E-state index contributed by atoms with van der Waals surface area (Å²) in [6, 6.07) is 8.48. The van der Waals surface area contributed by atoms with Crippen molar-refractivity contribution in [3.63, 3.8) is 0 Å². The maximum absolute atomic E-state index is 12.1. The van der Waals surface area contributed by atoms with Crippen LogP contribution in [-0.4, -0.2) is 34.0 Å². The first-order valence-electron chi connectivity index (χ1n) is 7.63. The number of nitrogens with zero attached hydrogens (tertiary/aromatic N) is 1. The number of anilines is 1. The van der Waals surface area contributed by atoms with Crippen molar-refractivity contribution in [1.29, 1.82) is 0 Å². The summed E-state index contributed by atoms with van der Waals surface area (Å²) in [5.41, 5.74) is 1.49. The van der Waals surface area contributed by atoms with Crippen molar-refractivity contribution in [3.8, 4) is 11.3 Å². The molecule has 0 N–H and O–H groups in total. The van der Waals surface area contributed by atoms with Crippen LogP contribution in [0.3, 0.4) is 0 Å². The van der Waals surface area contributed by atoms with E-state index in [1.807, 2.05) is 12.1 Å². The predicted octanol–water partition coefficient (Wildman–Crippen LogP) is 3.15. The van der Waals surface area contributed by atoms with Crippen LogP contribution in [0, 0.1) is 0 Å². The molecule has 122 valence electrons. The van der Waals surface area contributed by atoms with Gasteiger partial charge in [0.25, 0.3) is 0 Å². The van der Waals surface area contributed by atoms with Crippen molar-refractivity contribution < 1.29 is 17.6 Å². The average Bonchev–Trinajstić information content (AvgIpc) is 3.03. The Morgan fingerprint density at radius 1 is 1.09 bits per heavy atom. The summed E-state index contributed by atoms with van der Waals surface area (Å²) in [4.78, 5) is 13.3. The van der Waals surface area contributed by atoms with E-state index in [0.29, 0.717) is 17.6 Å². The molecule has 6 heteroatoms. The second-order valence-electron chi connectivity index (χ2n) is 5.82. The Morgan fingerprint density at radius 3 is 2.43 bits per heavy atom. The van der Waals surface area contributed by atoms with E-state index in [9.17, 15) is 13.2 Å². The first kappa shape index (κ1) is 15.8. The molecule has 1 aromatic heterocycles. The third-order valence-electron chi connectivity index (χ3n) is 4.09. The van der Waals surface area contributed by atoms with Gasteiger partial charge in [-0.2, -0.15) is 0 Å². The van der Waals surface area contributed by atoms with Gasteiger partial charge in [-0.15, -0.1) is 0 Å². The fraction of sp³-hybridized carbons (Fsp3) is 0.353. The SMILES string of the molecule is CS(=O)(=O)c1ccc(N2CCCCC2)cc1-c1ccc(C=O)o1. The number of carbonyl (C=O) groups excluding carboxylic acids is 1. The zero-order chi connectivity index (χ0) is 16.4. The van der Waals surface area contributed by atoms with Gasteiger partial charge in [-0.25, -0.2) is 8.42 Å². The van der Waals surface area contributed by atoms with Gasteiger partial charge in [0, 0.05) is 30.6 Å². The monoisotopic (exact) mass is 333 g/mol. The minimum absolute atomic E-state index is 0.183. The Bertz CT molecular complexity index is 817. The van der Waals surface area contributed by atoms with Gasteiger partial charge in [-0.05, 0) is 49.6 Å². The number of hydrogen-bond donors (Lipinski definition) is 0. The minimum atomic E-state index is -3.39. The van der Waals surface area contributed by atoms with Crippen LogP contribution in [0.15, 0.2) is 39.6 Å². The number of benzene rings is 1. The van der Waals surface area contributed by atoms with Crippen molar-refractivity contribution in [2.75, 3.05) is 24.2 Å². The number of rotatable bonds is 4. The molecule has 1 aliphatic heterocycles. The number of hydrogen-bond acceptors (Lipinski definition) is 5. The summed E-state index contributed by atoms with van der Waals surface area (Å²) >= 11 is 0. The van der Waals surface area contributed by atoms with Gasteiger partial charge in [0.1, 0.15) is 5.76 Å². The normalized spacial score (nSPS) is 15.6. The van der Waals surface area contributed by atoms with Gasteiger partial charge < -0.3 is 9.32 Å². The lowest BCUT2D eigenvalue weighted by Crippen LogP contribution is -2.29. The van der Waals surface area contributed by atoms with Crippen LogP contribution in [0.4, 0.5) is 5.69 Å². The minimum Gasteiger partial charge on any atom is -0.453 e. The number of piperidine rings is 1. The highest BCUT2D eigenvalue weighted by atomic mass is 32.2.